The Morgan fingerprint density at radius 2 is 1.68 bits per heavy atom. The summed E-state index contributed by atoms with van der Waals surface area (Å²) in [5.41, 5.74) is 1.28. The first-order chi connectivity index (χ1) is 12.1. The second-order valence-electron chi connectivity index (χ2n) is 6.12. The van der Waals surface area contributed by atoms with E-state index in [1.807, 2.05) is 56.3 Å². The zero-order valence-corrected chi connectivity index (χ0v) is 15.2. The van der Waals surface area contributed by atoms with Gasteiger partial charge in [-0.2, -0.15) is 0 Å². The summed E-state index contributed by atoms with van der Waals surface area (Å²) in [4.78, 5) is 12.5. The molecule has 0 radical (unpaired) electrons. The Balaban J connectivity index is 1.83. The van der Waals surface area contributed by atoms with Gasteiger partial charge in [0.2, 0.25) is 0 Å². The minimum absolute atomic E-state index is 0.0705. The van der Waals surface area contributed by atoms with Crippen LogP contribution >= 0.6 is 0 Å². The fourth-order valence-electron chi connectivity index (χ4n) is 2.58. The number of methoxy groups -OCH3 is 1. The Labute approximate surface area is 150 Å². The number of nitrogens with one attached hydrogen (secondary N) is 1. The highest BCUT2D eigenvalue weighted by atomic mass is 16.5. The molecule has 0 spiro atoms. The van der Waals surface area contributed by atoms with E-state index in [9.17, 15) is 4.79 Å². The second kappa shape index (κ2) is 9.72. The summed E-state index contributed by atoms with van der Waals surface area (Å²) in [5, 5.41) is 3.06. The molecule has 0 aliphatic heterocycles. The number of ether oxygens (including phenoxy) is 2. The number of rotatable bonds is 9. The van der Waals surface area contributed by atoms with Gasteiger partial charge in [-0.15, -0.1) is 0 Å². The minimum atomic E-state index is -0.493. The van der Waals surface area contributed by atoms with Crippen molar-refractivity contribution in [1.82, 2.24) is 5.32 Å². The first-order valence-corrected chi connectivity index (χ1v) is 8.77. The van der Waals surface area contributed by atoms with Crippen LogP contribution in [0.25, 0.3) is 0 Å². The van der Waals surface area contributed by atoms with Gasteiger partial charge in [-0.3, -0.25) is 4.79 Å². The lowest BCUT2D eigenvalue weighted by molar-refractivity contribution is -0.128. The van der Waals surface area contributed by atoms with Crippen LogP contribution in [0.4, 0.5) is 0 Å². The molecule has 2 rings (SSSR count). The SMILES string of the molecule is CC[C@H](Oc1ccc(OC)cc1)C(=O)N[C@H](C)CCc1ccccc1. The molecular weight excluding hydrogens is 314 g/mol. The Morgan fingerprint density at radius 3 is 2.28 bits per heavy atom. The van der Waals surface area contributed by atoms with E-state index >= 15 is 0 Å². The molecule has 0 aliphatic carbocycles. The fourth-order valence-corrected chi connectivity index (χ4v) is 2.58. The van der Waals surface area contributed by atoms with Crippen LogP contribution in [0.2, 0.25) is 0 Å². The van der Waals surface area contributed by atoms with Crippen LogP contribution in [0, 0.1) is 0 Å². The lowest BCUT2D eigenvalue weighted by atomic mass is 10.1. The van der Waals surface area contributed by atoms with Gasteiger partial charge in [0.05, 0.1) is 7.11 Å². The molecule has 0 fully saturated rings. The molecule has 0 saturated carbocycles. The Kier molecular flexibility index (Phi) is 7.33. The molecule has 134 valence electrons. The molecule has 0 saturated heterocycles. The van der Waals surface area contributed by atoms with E-state index in [0.29, 0.717) is 12.2 Å². The molecule has 2 aromatic rings. The van der Waals surface area contributed by atoms with E-state index in [1.54, 1.807) is 7.11 Å². The van der Waals surface area contributed by atoms with Crippen LogP contribution in [-0.4, -0.2) is 25.2 Å². The third-order valence-corrected chi connectivity index (χ3v) is 4.10. The van der Waals surface area contributed by atoms with Crippen LogP contribution in [0.15, 0.2) is 54.6 Å². The standard InChI is InChI=1S/C21H27NO3/c1-4-20(25-19-14-12-18(24-3)13-15-19)21(23)22-16(2)10-11-17-8-6-5-7-9-17/h5-9,12-16,20H,4,10-11H2,1-3H3,(H,22,23)/t16-,20+/m1/s1. The molecule has 1 amide bonds. The van der Waals surface area contributed by atoms with Crippen molar-refractivity contribution in [3.05, 3.63) is 60.2 Å². The molecule has 2 atom stereocenters. The van der Waals surface area contributed by atoms with Gasteiger partial charge >= 0.3 is 0 Å². The molecule has 25 heavy (non-hydrogen) atoms. The lowest BCUT2D eigenvalue weighted by Gasteiger charge is -2.20. The first-order valence-electron chi connectivity index (χ1n) is 8.77. The number of hydrogen-bond donors (Lipinski definition) is 1. The van der Waals surface area contributed by atoms with E-state index in [2.05, 4.69) is 17.4 Å². The third kappa shape index (κ3) is 6.14. The average Bonchev–Trinajstić information content (AvgIpc) is 2.65. The quantitative estimate of drug-likeness (QED) is 0.750. The van der Waals surface area contributed by atoms with Gasteiger partial charge in [-0.05, 0) is 56.0 Å². The van der Waals surface area contributed by atoms with Crippen molar-refractivity contribution in [3.63, 3.8) is 0 Å². The van der Waals surface area contributed by atoms with Crippen LogP contribution in [0.5, 0.6) is 11.5 Å². The summed E-state index contributed by atoms with van der Waals surface area (Å²) in [6.07, 6.45) is 1.96. The highest BCUT2D eigenvalue weighted by Gasteiger charge is 2.20. The number of carbonyl (C=O) groups excluding carboxylic acids is 1. The van der Waals surface area contributed by atoms with Crippen LogP contribution in [0.3, 0.4) is 0 Å². The number of aryl methyl sites for hydroxylation is 1. The Hall–Kier alpha value is -2.49. The molecule has 0 aromatic heterocycles. The van der Waals surface area contributed by atoms with Crippen molar-refractivity contribution in [2.45, 2.75) is 45.3 Å². The fraction of sp³-hybridized carbons (Fsp3) is 0.381. The third-order valence-electron chi connectivity index (χ3n) is 4.10. The normalized spacial score (nSPS) is 12.9. The van der Waals surface area contributed by atoms with Crippen molar-refractivity contribution in [3.8, 4) is 11.5 Å². The highest BCUT2D eigenvalue weighted by Crippen LogP contribution is 2.19. The van der Waals surface area contributed by atoms with Crippen LogP contribution in [-0.2, 0) is 11.2 Å². The summed E-state index contributed by atoms with van der Waals surface area (Å²) in [7, 11) is 1.62. The summed E-state index contributed by atoms with van der Waals surface area (Å²) in [6.45, 7) is 3.98. The van der Waals surface area contributed by atoms with Crippen molar-refractivity contribution < 1.29 is 14.3 Å². The van der Waals surface area contributed by atoms with Gasteiger partial charge in [0.1, 0.15) is 11.5 Å². The van der Waals surface area contributed by atoms with E-state index in [-0.39, 0.29) is 11.9 Å². The maximum absolute atomic E-state index is 12.5. The van der Waals surface area contributed by atoms with Crippen molar-refractivity contribution in [2.75, 3.05) is 7.11 Å². The molecule has 4 nitrogen and oxygen atoms in total. The zero-order valence-electron chi connectivity index (χ0n) is 15.2. The molecule has 0 unspecified atom stereocenters. The summed E-state index contributed by atoms with van der Waals surface area (Å²) in [6, 6.07) is 17.7. The summed E-state index contributed by atoms with van der Waals surface area (Å²) >= 11 is 0. The van der Waals surface area contributed by atoms with Gasteiger partial charge in [0.15, 0.2) is 6.10 Å². The van der Waals surface area contributed by atoms with Gasteiger partial charge in [0.25, 0.3) is 5.91 Å². The number of carbonyl (C=O) groups is 1. The predicted molar refractivity (Wildman–Crippen MR) is 100 cm³/mol. The van der Waals surface area contributed by atoms with Gasteiger partial charge in [-0.1, -0.05) is 37.3 Å². The molecule has 0 aliphatic rings. The van der Waals surface area contributed by atoms with E-state index in [1.165, 1.54) is 5.56 Å². The van der Waals surface area contributed by atoms with Gasteiger partial charge in [0, 0.05) is 6.04 Å². The van der Waals surface area contributed by atoms with E-state index in [0.717, 1.165) is 18.6 Å². The number of benzene rings is 2. The van der Waals surface area contributed by atoms with Crippen molar-refractivity contribution in [2.24, 2.45) is 0 Å². The van der Waals surface area contributed by atoms with Crippen LogP contribution in [0.1, 0.15) is 32.3 Å². The molecular formula is C21H27NO3. The monoisotopic (exact) mass is 341 g/mol. The first kappa shape index (κ1) is 18.8. The maximum Gasteiger partial charge on any atom is 0.261 e. The average molecular weight is 341 g/mol. The molecule has 0 heterocycles. The Morgan fingerprint density at radius 1 is 1.04 bits per heavy atom. The molecule has 0 bridgehead atoms. The summed E-state index contributed by atoms with van der Waals surface area (Å²) < 4.78 is 11.0. The summed E-state index contributed by atoms with van der Waals surface area (Å²) in [5.74, 6) is 1.36. The Bertz CT molecular complexity index is 640. The number of amides is 1. The van der Waals surface area contributed by atoms with E-state index < -0.39 is 6.10 Å². The lowest BCUT2D eigenvalue weighted by Crippen LogP contribution is -2.42. The van der Waals surface area contributed by atoms with Gasteiger partial charge < -0.3 is 14.8 Å². The van der Waals surface area contributed by atoms with Crippen molar-refractivity contribution >= 4 is 5.91 Å². The van der Waals surface area contributed by atoms with Gasteiger partial charge in [-0.25, -0.2) is 0 Å². The zero-order chi connectivity index (χ0) is 18.1. The molecule has 2 aromatic carbocycles. The van der Waals surface area contributed by atoms with Crippen LogP contribution < -0.4 is 14.8 Å². The maximum atomic E-state index is 12.5. The molecule has 4 heteroatoms. The topological polar surface area (TPSA) is 47.6 Å². The number of hydrogen-bond acceptors (Lipinski definition) is 3. The minimum Gasteiger partial charge on any atom is -0.497 e. The predicted octanol–water partition coefficient (Wildman–Crippen LogP) is 3.99. The largest absolute Gasteiger partial charge is 0.497 e. The molecule has 1 N–H and O–H groups in total. The van der Waals surface area contributed by atoms with Crippen molar-refractivity contribution in [1.29, 1.82) is 0 Å². The highest BCUT2D eigenvalue weighted by molar-refractivity contribution is 5.81. The smallest absolute Gasteiger partial charge is 0.261 e. The second-order valence-corrected chi connectivity index (χ2v) is 6.12. The van der Waals surface area contributed by atoms with E-state index in [4.69, 9.17) is 9.47 Å².